The van der Waals surface area contributed by atoms with E-state index in [2.05, 4.69) is 39.6 Å². The van der Waals surface area contributed by atoms with Crippen LogP contribution in [0.15, 0.2) is 0 Å². The first-order valence-electron chi connectivity index (χ1n) is 6.62. The van der Waals surface area contributed by atoms with Crippen LogP contribution in [0, 0.1) is 0 Å². The van der Waals surface area contributed by atoms with E-state index in [1.807, 2.05) is 6.92 Å². The van der Waals surface area contributed by atoms with Crippen molar-refractivity contribution in [1.29, 1.82) is 0 Å². The molecule has 0 spiro atoms. The van der Waals surface area contributed by atoms with Crippen molar-refractivity contribution in [3.05, 3.63) is 0 Å². The van der Waals surface area contributed by atoms with Gasteiger partial charge in [0.1, 0.15) is 6.10 Å². The first kappa shape index (κ1) is 14.5. The second kappa shape index (κ2) is 4.97. The number of carbonyl (C=O) groups excluding carboxylic acids is 1. The molecule has 0 aliphatic carbocycles. The van der Waals surface area contributed by atoms with Gasteiger partial charge in [-0.25, -0.2) is 0 Å². The number of esters is 1. The number of hydrogen-bond donors (Lipinski definition) is 0. The average molecular weight is 241 g/mol. The number of likely N-dealkylation sites (tertiary alicyclic amines) is 1. The van der Waals surface area contributed by atoms with Crippen LogP contribution in [0.5, 0.6) is 0 Å². The largest absolute Gasteiger partial charge is 0.462 e. The number of rotatable bonds is 3. The molecule has 1 aliphatic heterocycles. The van der Waals surface area contributed by atoms with Crippen LogP contribution in [0.2, 0.25) is 0 Å². The molecule has 3 heteroatoms. The molecule has 0 radical (unpaired) electrons. The van der Waals surface area contributed by atoms with Gasteiger partial charge in [-0.05, 0) is 41.2 Å². The molecule has 0 N–H and O–H groups in total. The minimum absolute atomic E-state index is 0.0475. The van der Waals surface area contributed by atoms with Gasteiger partial charge in [0.2, 0.25) is 0 Å². The monoisotopic (exact) mass is 241 g/mol. The van der Waals surface area contributed by atoms with Gasteiger partial charge in [0.15, 0.2) is 0 Å². The molecule has 17 heavy (non-hydrogen) atoms. The highest BCUT2D eigenvalue weighted by Crippen LogP contribution is 2.38. The second-order valence-electron chi connectivity index (χ2n) is 6.45. The van der Waals surface area contributed by atoms with Gasteiger partial charge in [0, 0.05) is 30.3 Å². The van der Waals surface area contributed by atoms with E-state index >= 15 is 0 Å². The molecule has 0 amide bonds. The van der Waals surface area contributed by atoms with Crippen molar-refractivity contribution in [2.75, 3.05) is 7.05 Å². The van der Waals surface area contributed by atoms with Gasteiger partial charge in [-0.3, -0.25) is 9.69 Å². The van der Waals surface area contributed by atoms with Crippen LogP contribution in [-0.4, -0.2) is 35.1 Å². The zero-order valence-electron chi connectivity index (χ0n) is 12.2. The van der Waals surface area contributed by atoms with Gasteiger partial charge in [-0.15, -0.1) is 0 Å². The zero-order chi connectivity index (χ0) is 13.3. The Kier molecular flexibility index (Phi) is 4.23. The molecule has 1 saturated heterocycles. The number of carbonyl (C=O) groups is 1. The molecular weight excluding hydrogens is 214 g/mol. The van der Waals surface area contributed by atoms with Crippen LogP contribution < -0.4 is 0 Å². The van der Waals surface area contributed by atoms with Crippen molar-refractivity contribution in [3.8, 4) is 0 Å². The minimum atomic E-state index is -0.0475. The summed E-state index contributed by atoms with van der Waals surface area (Å²) in [6.07, 6.45) is 3.30. The first-order valence-corrected chi connectivity index (χ1v) is 6.62. The molecule has 3 nitrogen and oxygen atoms in total. The zero-order valence-corrected chi connectivity index (χ0v) is 12.2. The Bertz CT molecular complexity index is 266. The summed E-state index contributed by atoms with van der Waals surface area (Å²) in [4.78, 5) is 14.0. The van der Waals surface area contributed by atoms with Gasteiger partial charge in [-0.2, -0.15) is 0 Å². The summed E-state index contributed by atoms with van der Waals surface area (Å²) in [6.45, 7) is 10.9. The smallest absolute Gasteiger partial charge is 0.306 e. The predicted octanol–water partition coefficient (Wildman–Crippen LogP) is 2.98. The lowest BCUT2D eigenvalue weighted by molar-refractivity contribution is -0.158. The average Bonchev–Trinajstić information content (AvgIpc) is 2.13. The Morgan fingerprint density at radius 1 is 1.24 bits per heavy atom. The summed E-state index contributed by atoms with van der Waals surface area (Å²) in [5.41, 5.74) is 0.165. The Morgan fingerprint density at radius 3 is 2.12 bits per heavy atom. The third-order valence-electron chi connectivity index (χ3n) is 4.02. The molecular formula is C14H27NO2. The number of piperidine rings is 1. The molecule has 1 rings (SSSR count). The van der Waals surface area contributed by atoms with Crippen molar-refractivity contribution in [2.24, 2.45) is 0 Å². The molecule has 0 bridgehead atoms. The quantitative estimate of drug-likeness (QED) is 0.711. The Balaban J connectivity index is 2.68. The van der Waals surface area contributed by atoms with Crippen LogP contribution in [0.1, 0.15) is 60.3 Å². The summed E-state index contributed by atoms with van der Waals surface area (Å²) >= 11 is 0. The highest BCUT2D eigenvalue weighted by molar-refractivity contribution is 5.69. The van der Waals surface area contributed by atoms with Crippen molar-refractivity contribution >= 4 is 5.97 Å². The van der Waals surface area contributed by atoms with Crippen molar-refractivity contribution in [1.82, 2.24) is 4.90 Å². The highest BCUT2D eigenvalue weighted by atomic mass is 16.5. The maximum Gasteiger partial charge on any atom is 0.306 e. The molecule has 0 saturated carbocycles. The topological polar surface area (TPSA) is 29.5 Å². The fraction of sp³-hybridized carbons (Fsp3) is 0.929. The van der Waals surface area contributed by atoms with E-state index in [9.17, 15) is 4.79 Å². The Morgan fingerprint density at radius 2 is 1.71 bits per heavy atom. The normalized spacial score (nSPS) is 24.6. The highest BCUT2D eigenvalue weighted by Gasteiger charge is 2.44. The fourth-order valence-electron chi connectivity index (χ4n) is 2.81. The lowest BCUT2D eigenvalue weighted by Gasteiger charge is -2.53. The summed E-state index contributed by atoms with van der Waals surface area (Å²) in [7, 11) is 2.16. The second-order valence-corrected chi connectivity index (χ2v) is 6.45. The lowest BCUT2D eigenvalue weighted by Crippen LogP contribution is -2.60. The molecule has 0 unspecified atom stereocenters. The summed E-state index contributed by atoms with van der Waals surface area (Å²) in [6, 6.07) is 0. The number of nitrogens with zero attached hydrogens (tertiary/aromatic N) is 1. The van der Waals surface area contributed by atoms with E-state index in [4.69, 9.17) is 4.74 Å². The minimum Gasteiger partial charge on any atom is -0.462 e. The number of ether oxygens (including phenoxy) is 1. The molecule has 1 heterocycles. The van der Waals surface area contributed by atoms with E-state index in [0.717, 1.165) is 19.3 Å². The van der Waals surface area contributed by atoms with E-state index < -0.39 is 0 Å². The number of hydrogen-bond acceptors (Lipinski definition) is 3. The SMILES string of the molecule is CCCC(=O)OC1CC(C)(C)N(C)C(C)(C)C1. The molecule has 0 atom stereocenters. The van der Waals surface area contributed by atoms with Crippen LogP contribution >= 0.6 is 0 Å². The predicted molar refractivity (Wildman–Crippen MR) is 69.9 cm³/mol. The first-order chi connectivity index (χ1) is 7.69. The van der Waals surface area contributed by atoms with Crippen LogP contribution in [0.3, 0.4) is 0 Å². The maximum atomic E-state index is 11.6. The summed E-state index contributed by atoms with van der Waals surface area (Å²) < 4.78 is 5.59. The van der Waals surface area contributed by atoms with E-state index in [1.165, 1.54) is 0 Å². The molecule has 1 aliphatic rings. The third-order valence-corrected chi connectivity index (χ3v) is 4.02. The van der Waals surface area contributed by atoms with E-state index in [0.29, 0.717) is 6.42 Å². The Hall–Kier alpha value is -0.570. The lowest BCUT2D eigenvalue weighted by atomic mass is 9.79. The van der Waals surface area contributed by atoms with Crippen LogP contribution in [-0.2, 0) is 9.53 Å². The summed E-state index contributed by atoms with van der Waals surface area (Å²) in [5.74, 6) is -0.0475. The standard InChI is InChI=1S/C14H27NO2/c1-7-8-12(16)17-11-9-13(2,3)15(6)14(4,5)10-11/h11H,7-10H2,1-6H3. The Labute approximate surface area is 106 Å². The van der Waals surface area contributed by atoms with Crippen LogP contribution in [0.25, 0.3) is 0 Å². The van der Waals surface area contributed by atoms with E-state index in [1.54, 1.807) is 0 Å². The van der Waals surface area contributed by atoms with Gasteiger partial charge in [0.25, 0.3) is 0 Å². The van der Waals surface area contributed by atoms with Crippen molar-refractivity contribution in [2.45, 2.75) is 77.5 Å². The third kappa shape index (κ3) is 3.44. The van der Waals surface area contributed by atoms with Gasteiger partial charge in [0.05, 0.1) is 0 Å². The molecule has 100 valence electrons. The van der Waals surface area contributed by atoms with Crippen LogP contribution in [0.4, 0.5) is 0 Å². The fourth-order valence-corrected chi connectivity index (χ4v) is 2.81. The van der Waals surface area contributed by atoms with Gasteiger partial charge in [-0.1, -0.05) is 6.92 Å². The molecule has 0 aromatic rings. The van der Waals surface area contributed by atoms with Crippen molar-refractivity contribution in [3.63, 3.8) is 0 Å². The van der Waals surface area contributed by atoms with Gasteiger partial charge < -0.3 is 4.74 Å². The van der Waals surface area contributed by atoms with Crippen molar-refractivity contribution < 1.29 is 9.53 Å². The molecule has 0 aromatic heterocycles. The molecule has 0 aromatic carbocycles. The maximum absolute atomic E-state index is 11.6. The molecule has 1 fully saturated rings. The van der Waals surface area contributed by atoms with Gasteiger partial charge >= 0.3 is 5.97 Å². The summed E-state index contributed by atoms with van der Waals surface area (Å²) in [5, 5.41) is 0. The van der Waals surface area contributed by atoms with E-state index in [-0.39, 0.29) is 23.2 Å².